The van der Waals surface area contributed by atoms with Gasteiger partial charge in [0.1, 0.15) is 0 Å². The highest BCUT2D eigenvalue weighted by Gasteiger charge is 2.36. The molecule has 1 aliphatic heterocycles. The fourth-order valence-electron chi connectivity index (χ4n) is 4.56. The summed E-state index contributed by atoms with van der Waals surface area (Å²) in [7, 11) is 0. The number of carbonyl (C=O) groups excluding carboxylic acids is 1. The van der Waals surface area contributed by atoms with Crippen molar-refractivity contribution in [2.45, 2.75) is 50.5 Å². The van der Waals surface area contributed by atoms with Gasteiger partial charge in [-0.05, 0) is 57.0 Å². The Morgan fingerprint density at radius 2 is 1.75 bits per heavy atom. The molecule has 1 saturated carbocycles. The zero-order chi connectivity index (χ0) is 19.4. The predicted octanol–water partition coefficient (Wildman–Crippen LogP) is 3.25. The van der Waals surface area contributed by atoms with Crippen LogP contribution in [0.4, 0.5) is 5.95 Å². The molecule has 1 aliphatic carbocycles. The van der Waals surface area contributed by atoms with Gasteiger partial charge in [0, 0.05) is 23.9 Å². The monoisotopic (exact) mass is 379 g/mol. The molecule has 0 bridgehead atoms. The summed E-state index contributed by atoms with van der Waals surface area (Å²) < 4.78 is 0. The second-order valence-electron chi connectivity index (χ2n) is 8.16. The SMILES string of the molecule is Nc1nccc(-c2ccc(C(=O)NC3(CN4CCCC4)CCCCC3)cc2)n1. The van der Waals surface area contributed by atoms with E-state index in [-0.39, 0.29) is 17.4 Å². The van der Waals surface area contributed by atoms with Gasteiger partial charge < -0.3 is 16.0 Å². The summed E-state index contributed by atoms with van der Waals surface area (Å²) in [4.78, 5) is 23.7. The van der Waals surface area contributed by atoms with E-state index in [4.69, 9.17) is 5.73 Å². The number of hydrogen-bond acceptors (Lipinski definition) is 5. The van der Waals surface area contributed by atoms with Gasteiger partial charge in [0.25, 0.3) is 5.91 Å². The maximum atomic E-state index is 13.0. The zero-order valence-corrected chi connectivity index (χ0v) is 16.4. The van der Waals surface area contributed by atoms with Crippen molar-refractivity contribution in [2.24, 2.45) is 0 Å². The van der Waals surface area contributed by atoms with Crippen molar-refractivity contribution in [3.63, 3.8) is 0 Å². The minimum atomic E-state index is -0.0839. The molecule has 0 spiro atoms. The summed E-state index contributed by atoms with van der Waals surface area (Å²) in [5.41, 5.74) is 7.96. The van der Waals surface area contributed by atoms with E-state index >= 15 is 0 Å². The summed E-state index contributed by atoms with van der Waals surface area (Å²) in [5.74, 6) is 0.273. The number of nitrogen functional groups attached to an aromatic ring is 1. The summed E-state index contributed by atoms with van der Waals surface area (Å²) >= 11 is 0. The number of aromatic nitrogens is 2. The van der Waals surface area contributed by atoms with Crippen LogP contribution < -0.4 is 11.1 Å². The third-order valence-corrected chi connectivity index (χ3v) is 6.03. The predicted molar refractivity (Wildman–Crippen MR) is 111 cm³/mol. The highest BCUT2D eigenvalue weighted by atomic mass is 16.1. The van der Waals surface area contributed by atoms with Crippen LogP contribution in [0.3, 0.4) is 0 Å². The highest BCUT2D eigenvalue weighted by Crippen LogP contribution is 2.30. The Morgan fingerprint density at radius 3 is 2.43 bits per heavy atom. The molecule has 2 aliphatic rings. The van der Waals surface area contributed by atoms with Gasteiger partial charge in [0.15, 0.2) is 0 Å². The van der Waals surface area contributed by atoms with E-state index in [1.807, 2.05) is 30.3 Å². The zero-order valence-electron chi connectivity index (χ0n) is 16.4. The van der Waals surface area contributed by atoms with Crippen LogP contribution in [0.1, 0.15) is 55.3 Å². The number of likely N-dealkylation sites (tertiary alicyclic amines) is 1. The molecule has 2 heterocycles. The normalized spacial score (nSPS) is 19.4. The fourth-order valence-corrected chi connectivity index (χ4v) is 4.56. The Labute approximate surface area is 166 Å². The highest BCUT2D eigenvalue weighted by molar-refractivity contribution is 5.95. The van der Waals surface area contributed by atoms with Crippen molar-refractivity contribution in [1.29, 1.82) is 0 Å². The lowest BCUT2D eigenvalue weighted by Crippen LogP contribution is -2.56. The molecule has 1 aromatic heterocycles. The molecular weight excluding hydrogens is 350 g/mol. The molecule has 1 saturated heterocycles. The minimum Gasteiger partial charge on any atom is -0.368 e. The molecule has 0 unspecified atom stereocenters. The molecule has 1 aromatic carbocycles. The van der Waals surface area contributed by atoms with E-state index in [1.165, 1.54) is 32.1 Å². The van der Waals surface area contributed by atoms with Gasteiger partial charge in [-0.25, -0.2) is 9.97 Å². The summed E-state index contributed by atoms with van der Waals surface area (Å²) in [6.07, 6.45) is 10.0. The van der Waals surface area contributed by atoms with E-state index in [0.717, 1.165) is 43.7 Å². The average Bonchev–Trinajstić information content (AvgIpc) is 3.21. The van der Waals surface area contributed by atoms with E-state index < -0.39 is 0 Å². The molecule has 148 valence electrons. The number of rotatable bonds is 5. The van der Waals surface area contributed by atoms with Crippen molar-refractivity contribution in [3.05, 3.63) is 42.1 Å². The van der Waals surface area contributed by atoms with Crippen LogP contribution >= 0.6 is 0 Å². The quantitative estimate of drug-likeness (QED) is 0.833. The number of benzene rings is 1. The molecule has 0 atom stereocenters. The van der Waals surface area contributed by atoms with Crippen molar-refractivity contribution in [1.82, 2.24) is 20.2 Å². The first-order chi connectivity index (χ1) is 13.6. The van der Waals surface area contributed by atoms with Crippen LogP contribution in [-0.4, -0.2) is 45.9 Å². The molecule has 2 aromatic rings. The summed E-state index contributed by atoms with van der Waals surface area (Å²) in [6.45, 7) is 3.31. The summed E-state index contributed by atoms with van der Waals surface area (Å²) in [5, 5.41) is 3.42. The smallest absolute Gasteiger partial charge is 0.251 e. The molecule has 4 rings (SSSR count). The molecule has 3 N–H and O–H groups in total. The molecule has 2 fully saturated rings. The first kappa shape index (κ1) is 18.9. The van der Waals surface area contributed by atoms with Gasteiger partial charge in [-0.3, -0.25) is 4.79 Å². The Kier molecular flexibility index (Phi) is 5.57. The Bertz CT molecular complexity index is 808. The largest absolute Gasteiger partial charge is 0.368 e. The van der Waals surface area contributed by atoms with E-state index in [0.29, 0.717) is 5.56 Å². The number of nitrogens with two attached hydrogens (primary N) is 1. The first-order valence-electron chi connectivity index (χ1n) is 10.4. The van der Waals surface area contributed by atoms with Crippen LogP contribution in [0.5, 0.6) is 0 Å². The average molecular weight is 380 g/mol. The van der Waals surface area contributed by atoms with Crippen molar-refractivity contribution in [3.8, 4) is 11.3 Å². The first-order valence-corrected chi connectivity index (χ1v) is 10.4. The van der Waals surface area contributed by atoms with E-state index in [2.05, 4.69) is 20.2 Å². The lowest BCUT2D eigenvalue weighted by Gasteiger charge is -2.41. The van der Waals surface area contributed by atoms with Gasteiger partial charge in [-0.2, -0.15) is 0 Å². The van der Waals surface area contributed by atoms with Gasteiger partial charge in [0.05, 0.1) is 11.2 Å². The Balaban J connectivity index is 1.47. The lowest BCUT2D eigenvalue weighted by atomic mass is 9.81. The van der Waals surface area contributed by atoms with E-state index in [9.17, 15) is 4.79 Å². The van der Waals surface area contributed by atoms with Crippen LogP contribution in [0, 0.1) is 0 Å². The number of carbonyl (C=O) groups is 1. The maximum absolute atomic E-state index is 13.0. The Hall–Kier alpha value is -2.47. The maximum Gasteiger partial charge on any atom is 0.251 e. The number of nitrogens with one attached hydrogen (secondary N) is 1. The number of amides is 1. The van der Waals surface area contributed by atoms with Gasteiger partial charge in [-0.1, -0.05) is 31.4 Å². The molecule has 6 heteroatoms. The number of hydrogen-bond donors (Lipinski definition) is 2. The van der Waals surface area contributed by atoms with Crippen LogP contribution in [0.15, 0.2) is 36.5 Å². The third kappa shape index (κ3) is 4.33. The third-order valence-electron chi connectivity index (χ3n) is 6.03. The molecule has 6 nitrogen and oxygen atoms in total. The Morgan fingerprint density at radius 1 is 1.04 bits per heavy atom. The van der Waals surface area contributed by atoms with Crippen LogP contribution in [0.25, 0.3) is 11.3 Å². The van der Waals surface area contributed by atoms with Gasteiger partial charge in [-0.15, -0.1) is 0 Å². The molecule has 1 amide bonds. The summed E-state index contributed by atoms with van der Waals surface area (Å²) in [6, 6.07) is 9.40. The molecule has 28 heavy (non-hydrogen) atoms. The second-order valence-corrected chi connectivity index (χ2v) is 8.16. The van der Waals surface area contributed by atoms with Gasteiger partial charge in [0.2, 0.25) is 5.95 Å². The topological polar surface area (TPSA) is 84.1 Å². The number of anilines is 1. The minimum absolute atomic E-state index is 0.0230. The molecular formula is C22H29N5O. The van der Waals surface area contributed by atoms with Crippen molar-refractivity contribution >= 4 is 11.9 Å². The fraction of sp³-hybridized carbons (Fsp3) is 0.500. The van der Waals surface area contributed by atoms with E-state index in [1.54, 1.807) is 6.20 Å². The van der Waals surface area contributed by atoms with Crippen molar-refractivity contribution in [2.75, 3.05) is 25.4 Å². The van der Waals surface area contributed by atoms with Gasteiger partial charge >= 0.3 is 0 Å². The van der Waals surface area contributed by atoms with Crippen LogP contribution in [-0.2, 0) is 0 Å². The standard InChI is InChI=1S/C22H29N5O/c23-21-24-13-10-19(25-21)17-6-8-18(9-7-17)20(28)26-22(11-2-1-3-12-22)16-27-14-4-5-15-27/h6-10,13H,1-5,11-12,14-16H2,(H,26,28)(H2,23,24,25). The second kappa shape index (κ2) is 8.27. The van der Waals surface area contributed by atoms with Crippen LogP contribution in [0.2, 0.25) is 0 Å². The number of nitrogens with zero attached hydrogens (tertiary/aromatic N) is 3. The lowest BCUT2D eigenvalue weighted by molar-refractivity contribution is 0.0822. The molecule has 0 radical (unpaired) electrons. The van der Waals surface area contributed by atoms with Crippen molar-refractivity contribution < 1.29 is 4.79 Å².